The third-order valence-electron chi connectivity index (χ3n) is 6.41. The topological polar surface area (TPSA) is 68.4 Å². The van der Waals surface area contributed by atoms with Gasteiger partial charge in [-0.3, -0.25) is 4.79 Å². The largest absolute Gasteiger partial charge is 0.515 e. The normalized spacial score (nSPS) is 11.1. The van der Waals surface area contributed by atoms with Crippen molar-refractivity contribution >= 4 is 22.8 Å². The van der Waals surface area contributed by atoms with Gasteiger partial charge >= 0.3 is 6.16 Å². The number of aromatic nitrogens is 1. The number of hydrogen-bond donors (Lipinski definition) is 1. The Morgan fingerprint density at radius 1 is 0.735 bits per heavy atom. The zero-order valence-electron chi connectivity index (χ0n) is 21.5. The lowest BCUT2D eigenvalue weighted by Gasteiger charge is -2.06. The number of carbonyl (C=O) groups is 2. The Morgan fingerprint density at radius 3 is 1.82 bits per heavy atom. The van der Waals surface area contributed by atoms with Gasteiger partial charge in [-0.2, -0.15) is 0 Å². The summed E-state index contributed by atoms with van der Waals surface area (Å²) in [5.41, 5.74) is 1.23. The molecule has 190 valence electrons. The summed E-state index contributed by atoms with van der Waals surface area (Å²) >= 11 is 0. The van der Waals surface area contributed by atoms with Crippen LogP contribution >= 0.6 is 0 Å². The average molecular weight is 472 g/mol. The molecule has 2 rings (SSSR count). The number of ether oxygens (including phenoxy) is 2. The fourth-order valence-electron chi connectivity index (χ4n) is 4.48. The van der Waals surface area contributed by atoms with Gasteiger partial charge in [0.05, 0.1) is 12.2 Å². The minimum absolute atomic E-state index is 0.00597. The average Bonchev–Trinajstić information content (AvgIpc) is 3.19. The van der Waals surface area contributed by atoms with Crippen molar-refractivity contribution in [3.05, 3.63) is 29.8 Å². The predicted molar refractivity (Wildman–Crippen MR) is 140 cm³/mol. The first-order chi connectivity index (χ1) is 16.7. The van der Waals surface area contributed by atoms with Gasteiger partial charge in [0.25, 0.3) is 0 Å². The third kappa shape index (κ3) is 10.3. The first-order valence-corrected chi connectivity index (χ1v) is 13.7. The Labute approximate surface area is 206 Å². The summed E-state index contributed by atoms with van der Waals surface area (Å²) in [5, 5.41) is 0.785. The number of ketones is 1. The molecule has 0 aliphatic carbocycles. The van der Waals surface area contributed by atoms with Crippen LogP contribution in [0, 0.1) is 0 Å². The van der Waals surface area contributed by atoms with Gasteiger partial charge in [-0.15, -0.1) is 0 Å². The smallest absolute Gasteiger partial charge is 0.434 e. The van der Waals surface area contributed by atoms with Crippen molar-refractivity contribution in [2.75, 3.05) is 6.61 Å². The fourth-order valence-corrected chi connectivity index (χ4v) is 4.48. The molecule has 0 bridgehead atoms. The van der Waals surface area contributed by atoms with Gasteiger partial charge in [-0.25, -0.2) is 4.79 Å². The van der Waals surface area contributed by atoms with Crippen LogP contribution in [-0.4, -0.2) is 23.5 Å². The molecule has 34 heavy (non-hydrogen) atoms. The number of rotatable bonds is 19. The van der Waals surface area contributed by atoms with E-state index in [0.29, 0.717) is 12.0 Å². The molecule has 2 aromatic rings. The number of nitrogens with one attached hydrogen (secondary N) is 1. The molecule has 0 spiro atoms. The first-order valence-electron chi connectivity index (χ1n) is 13.7. The third-order valence-corrected chi connectivity index (χ3v) is 6.41. The number of carbonyl (C=O) groups excluding carboxylic acids is 2. The number of unbranched alkanes of at least 4 members (excludes halogenated alkanes) is 14. The van der Waals surface area contributed by atoms with Gasteiger partial charge in [-0.1, -0.05) is 115 Å². The zero-order valence-corrected chi connectivity index (χ0v) is 21.5. The Hall–Kier alpha value is -2.30. The van der Waals surface area contributed by atoms with Gasteiger partial charge in [0.2, 0.25) is 5.88 Å². The lowest BCUT2D eigenvalue weighted by atomic mass is 10.0. The lowest BCUT2D eigenvalue weighted by Crippen LogP contribution is -2.12. The highest BCUT2D eigenvalue weighted by molar-refractivity contribution is 6.10. The van der Waals surface area contributed by atoms with Crippen molar-refractivity contribution in [2.45, 2.75) is 117 Å². The van der Waals surface area contributed by atoms with Crippen LogP contribution in [0.2, 0.25) is 0 Å². The van der Waals surface area contributed by atoms with Gasteiger partial charge < -0.3 is 14.5 Å². The second-order valence-electron chi connectivity index (χ2n) is 9.28. The Kier molecular flexibility index (Phi) is 14.1. The molecule has 0 saturated carbocycles. The number of hydrogen-bond acceptors (Lipinski definition) is 4. The van der Waals surface area contributed by atoms with Crippen molar-refractivity contribution in [3.8, 4) is 5.88 Å². The standard InChI is InChI=1S/C29H45NO4/c1-3-5-6-7-8-9-10-11-12-13-14-15-16-17-18-23-26(31)27-24-21-19-20-22-25(24)30-28(27)34-29(32)33-4-2/h19-22,30H,3-18,23H2,1-2H3. The lowest BCUT2D eigenvalue weighted by molar-refractivity contribution is 0.0959. The van der Waals surface area contributed by atoms with E-state index < -0.39 is 6.16 Å². The first kappa shape index (κ1) is 27.9. The second kappa shape index (κ2) is 17.2. The van der Waals surface area contributed by atoms with Gasteiger partial charge in [0.1, 0.15) is 0 Å². The Morgan fingerprint density at radius 2 is 1.26 bits per heavy atom. The van der Waals surface area contributed by atoms with Crippen LogP contribution in [0.5, 0.6) is 5.88 Å². The number of Topliss-reactive ketones (excluding diaryl/α,β-unsaturated/α-hetero) is 1. The molecule has 1 aromatic heterocycles. The number of aromatic amines is 1. The molecule has 0 amide bonds. The summed E-state index contributed by atoms with van der Waals surface area (Å²) in [4.78, 5) is 27.8. The van der Waals surface area contributed by atoms with Crippen molar-refractivity contribution < 1.29 is 19.1 Å². The fraction of sp³-hybridized carbons (Fsp3) is 0.655. The highest BCUT2D eigenvalue weighted by atomic mass is 16.7. The highest BCUT2D eigenvalue weighted by Gasteiger charge is 2.21. The van der Waals surface area contributed by atoms with Crippen molar-refractivity contribution in [1.29, 1.82) is 0 Å². The number of benzene rings is 1. The summed E-state index contributed by atoms with van der Waals surface area (Å²) in [6, 6.07) is 7.52. The number of fused-ring (bicyclic) bond motifs is 1. The maximum Gasteiger partial charge on any atom is 0.515 e. The van der Waals surface area contributed by atoms with Crippen molar-refractivity contribution in [2.24, 2.45) is 0 Å². The molecule has 1 aromatic carbocycles. The minimum Gasteiger partial charge on any atom is -0.434 e. The predicted octanol–water partition coefficient (Wildman–Crippen LogP) is 9.15. The molecular weight excluding hydrogens is 426 g/mol. The van der Waals surface area contributed by atoms with Crippen LogP contribution in [-0.2, 0) is 4.74 Å². The van der Waals surface area contributed by atoms with Crippen LogP contribution in [0.3, 0.4) is 0 Å². The van der Waals surface area contributed by atoms with Crippen molar-refractivity contribution in [3.63, 3.8) is 0 Å². The van der Waals surface area contributed by atoms with Gasteiger partial charge in [0.15, 0.2) is 5.78 Å². The number of para-hydroxylation sites is 1. The maximum absolute atomic E-state index is 13.0. The van der Waals surface area contributed by atoms with E-state index in [2.05, 4.69) is 11.9 Å². The molecule has 0 atom stereocenters. The molecule has 0 radical (unpaired) electrons. The van der Waals surface area contributed by atoms with E-state index in [1.165, 1.54) is 83.5 Å². The van der Waals surface area contributed by atoms with Gasteiger partial charge in [0, 0.05) is 17.3 Å². The quantitative estimate of drug-likeness (QED) is 0.126. The van der Waals surface area contributed by atoms with Crippen LogP contribution in [0.4, 0.5) is 4.79 Å². The van der Waals surface area contributed by atoms with E-state index in [9.17, 15) is 9.59 Å². The molecule has 0 saturated heterocycles. The minimum atomic E-state index is -0.796. The van der Waals surface area contributed by atoms with E-state index in [-0.39, 0.29) is 18.3 Å². The highest BCUT2D eigenvalue weighted by Crippen LogP contribution is 2.30. The molecule has 0 aliphatic rings. The Balaban J connectivity index is 1.60. The van der Waals surface area contributed by atoms with Gasteiger partial charge in [-0.05, 0) is 19.4 Å². The van der Waals surface area contributed by atoms with Crippen molar-refractivity contribution in [1.82, 2.24) is 4.98 Å². The molecular formula is C29H45NO4. The van der Waals surface area contributed by atoms with Crippen LogP contribution in [0.1, 0.15) is 127 Å². The second-order valence-corrected chi connectivity index (χ2v) is 9.28. The van der Waals surface area contributed by atoms with Crippen LogP contribution in [0.15, 0.2) is 24.3 Å². The SMILES string of the molecule is CCCCCCCCCCCCCCCCCC(=O)c1c(OC(=O)OCC)[nH]c2ccccc12. The molecule has 0 aliphatic heterocycles. The van der Waals surface area contributed by atoms with E-state index in [1.807, 2.05) is 24.3 Å². The monoisotopic (exact) mass is 471 g/mol. The maximum atomic E-state index is 13.0. The summed E-state index contributed by atoms with van der Waals surface area (Å²) in [6.07, 6.45) is 19.1. The zero-order chi connectivity index (χ0) is 24.4. The molecule has 1 N–H and O–H groups in total. The molecule has 1 heterocycles. The van der Waals surface area contributed by atoms with E-state index in [0.717, 1.165) is 23.7 Å². The summed E-state index contributed by atoms with van der Waals surface area (Å²) in [6.45, 7) is 4.21. The van der Waals surface area contributed by atoms with E-state index in [4.69, 9.17) is 9.47 Å². The molecule has 5 nitrogen and oxygen atoms in total. The van der Waals surface area contributed by atoms with Crippen LogP contribution < -0.4 is 4.74 Å². The Bertz CT molecular complexity index is 842. The van der Waals surface area contributed by atoms with E-state index >= 15 is 0 Å². The van der Waals surface area contributed by atoms with Crippen LogP contribution in [0.25, 0.3) is 10.9 Å². The summed E-state index contributed by atoms with van der Waals surface area (Å²) in [7, 11) is 0. The van der Waals surface area contributed by atoms with E-state index in [1.54, 1.807) is 6.92 Å². The summed E-state index contributed by atoms with van der Waals surface area (Å²) in [5.74, 6) is 0.192. The molecule has 0 fully saturated rings. The molecule has 0 unspecified atom stereocenters. The summed E-state index contributed by atoms with van der Waals surface area (Å²) < 4.78 is 10.2. The number of H-pyrrole nitrogens is 1. The molecule has 5 heteroatoms.